The number of aromatic nitrogens is 2. The van der Waals surface area contributed by atoms with Crippen LogP contribution < -0.4 is 5.32 Å². The van der Waals surface area contributed by atoms with Crippen LogP contribution in [0.15, 0.2) is 65.6 Å². The Morgan fingerprint density at radius 3 is 2.41 bits per heavy atom. The second-order valence-electron chi connectivity index (χ2n) is 7.81. The molecular formula is C24H24N4O3S. The number of benzene rings is 3. The first-order valence-corrected chi connectivity index (χ1v) is 11.5. The van der Waals surface area contributed by atoms with E-state index in [0.29, 0.717) is 17.1 Å². The molecule has 3 aromatic carbocycles. The molecule has 4 aromatic rings. The second kappa shape index (κ2) is 8.22. The van der Waals surface area contributed by atoms with Crippen molar-refractivity contribution >= 4 is 32.7 Å². The topological polar surface area (TPSA) is 95.2 Å². The Bertz CT molecular complexity index is 1410. The van der Waals surface area contributed by atoms with Crippen LogP contribution in [0, 0.1) is 13.8 Å². The van der Waals surface area contributed by atoms with Crippen molar-refractivity contribution in [2.75, 3.05) is 19.4 Å². The number of carbonyl (C=O) groups excluding carboxylic acids is 1. The molecule has 0 fully saturated rings. The third-order valence-electron chi connectivity index (χ3n) is 5.46. The maximum absolute atomic E-state index is 13.1. The zero-order valence-electron chi connectivity index (χ0n) is 18.3. The lowest BCUT2D eigenvalue weighted by Gasteiger charge is -2.17. The van der Waals surface area contributed by atoms with Crippen LogP contribution in [0.5, 0.6) is 0 Å². The maximum Gasteiger partial charge on any atom is 0.255 e. The number of H-pyrrole nitrogens is 1. The fourth-order valence-electron chi connectivity index (χ4n) is 3.50. The summed E-state index contributed by atoms with van der Waals surface area (Å²) in [6.07, 6.45) is 0. The largest absolute Gasteiger partial charge is 0.338 e. The summed E-state index contributed by atoms with van der Waals surface area (Å²) in [6.45, 7) is 3.54. The van der Waals surface area contributed by atoms with Gasteiger partial charge in [-0.3, -0.25) is 4.79 Å². The van der Waals surface area contributed by atoms with E-state index >= 15 is 0 Å². The highest BCUT2D eigenvalue weighted by molar-refractivity contribution is 7.89. The van der Waals surface area contributed by atoms with E-state index in [9.17, 15) is 13.2 Å². The molecule has 1 aromatic heterocycles. The summed E-state index contributed by atoms with van der Waals surface area (Å²) in [4.78, 5) is 21.2. The molecule has 0 atom stereocenters. The van der Waals surface area contributed by atoms with E-state index in [0.717, 1.165) is 26.5 Å². The summed E-state index contributed by atoms with van der Waals surface area (Å²) in [5.74, 6) is 0.241. The molecule has 0 aliphatic rings. The first kappa shape index (κ1) is 21.7. The molecule has 0 unspecified atom stereocenters. The van der Waals surface area contributed by atoms with Crippen LogP contribution in [-0.4, -0.2) is 42.7 Å². The molecule has 1 heterocycles. The lowest BCUT2D eigenvalue weighted by atomic mass is 10.1. The van der Waals surface area contributed by atoms with Crippen molar-refractivity contribution in [1.82, 2.24) is 14.3 Å². The van der Waals surface area contributed by atoms with E-state index in [-0.39, 0.29) is 10.5 Å². The fraction of sp³-hybridized carbons (Fsp3) is 0.167. The number of anilines is 1. The molecule has 0 spiro atoms. The Morgan fingerprint density at radius 1 is 1.00 bits per heavy atom. The smallest absolute Gasteiger partial charge is 0.255 e. The predicted octanol–water partition coefficient (Wildman–Crippen LogP) is 4.35. The molecule has 8 heteroatoms. The van der Waals surface area contributed by atoms with Gasteiger partial charge in [0.15, 0.2) is 0 Å². The number of carbonyl (C=O) groups is 1. The molecule has 1 amide bonds. The molecule has 2 N–H and O–H groups in total. The van der Waals surface area contributed by atoms with Gasteiger partial charge in [-0.1, -0.05) is 24.3 Å². The minimum atomic E-state index is -3.69. The number of aryl methyl sites for hydroxylation is 1. The van der Waals surface area contributed by atoms with Crippen molar-refractivity contribution in [3.63, 3.8) is 0 Å². The van der Waals surface area contributed by atoms with Crippen LogP contribution in [0.3, 0.4) is 0 Å². The van der Waals surface area contributed by atoms with E-state index in [2.05, 4.69) is 15.3 Å². The number of hydrogen-bond acceptors (Lipinski definition) is 4. The summed E-state index contributed by atoms with van der Waals surface area (Å²) in [7, 11) is -0.741. The minimum Gasteiger partial charge on any atom is -0.338 e. The van der Waals surface area contributed by atoms with Crippen molar-refractivity contribution < 1.29 is 13.2 Å². The van der Waals surface area contributed by atoms with Gasteiger partial charge in [0.2, 0.25) is 10.0 Å². The number of amides is 1. The van der Waals surface area contributed by atoms with Crippen molar-refractivity contribution in [2.24, 2.45) is 0 Å². The second-order valence-corrected chi connectivity index (χ2v) is 9.93. The summed E-state index contributed by atoms with van der Waals surface area (Å²) in [6, 6.07) is 18.2. The standard InChI is InChI=1S/C24H24N4O3S/c1-15-13-17(14-22(16(15)2)32(30,31)28(3)4)24(29)27-19-10-6-5-9-18(19)23-25-20-11-7-8-12-21(20)26-23/h5-14H,1-4H3,(H,25,26)(H,27,29). The highest BCUT2D eigenvalue weighted by atomic mass is 32.2. The Labute approximate surface area is 187 Å². The number of sulfonamides is 1. The number of nitrogens with one attached hydrogen (secondary N) is 2. The number of nitrogens with zero attached hydrogens (tertiary/aromatic N) is 2. The Balaban J connectivity index is 1.72. The van der Waals surface area contributed by atoms with Gasteiger partial charge in [0.25, 0.3) is 5.91 Å². The highest BCUT2D eigenvalue weighted by Gasteiger charge is 2.23. The molecule has 0 aliphatic heterocycles. The lowest BCUT2D eigenvalue weighted by Crippen LogP contribution is -2.24. The zero-order valence-corrected chi connectivity index (χ0v) is 19.1. The molecule has 0 radical (unpaired) electrons. The van der Waals surface area contributed by atoms with Gasteiger partial charge in [0, 0.05) is 25.2 Å². The van der Waals surface area contributed by atoms with Crippen molar-refractivity contribution in [3.05, 3.63) is 77.4 Å². The normalized spacial score (nSPS) is 11.8. The average molecular weight is 449 g/mol. The van der Waals surface area contributed by atoms with E-state index in [1.54, 1.807) is 26.0 Å². The lowest BCUT2D eigenvalue weighted by molar-refractivity contribution is 0.102. The Kier molecular flexibility index (Phi) is 5.58. The van der Waals surface area contributed by atoms with Crippen molar-refractivity contribution in [2.45, 2.75) is 18.7 Å². The number of aromatic amines is 1. The fourth-order valence-corrected chi connectivity index (χ4v) is 4.71. The van der Waals surface area contributed by atoms with Crippen LogP contribution in [0.25, 0.3) is 22.4 Å². The summed E-state index contributed by atoms with van der Waals surface area (Å²) < 4.78 is 26.6. The summed E-state index contributed by atoms with van der Waals surface area (Å²) in [5, 5.41) is 2.92. The summed E-state index contributed by atoms with van der Waals surface area (Å²) in [5.41, 5.74) is 4.66. The minimum absolute atomic E-state index is 0.123. The van der Waals surface area contributed by atoms with Gasteiger partial charge < -0.3 is 10.3 Å². The zero-order chi connectivity index (χ0) is 23.0. The Hall–Kier alpha value is -3.49. The van der Waals surface area contributed by atoms with E-state index in [1.807, 2.05) is 42.5 Å². The number of rotatable bonds is 5. The molecule has 32 heavy (non-hydrogen) atoms. The molecule has 4 rings (SSSR count). The molecule has 0 aliphatic carbocycles. The van der Waals surface area contributed by atoms with Crippen LogP contribution >= 0.6 is 0 Å². The number of imidazole rings is 1. The average Bonchev–Trinajstić information content (AvgIpc) is 3.19. The quantitative estimate of drug-likeness (QED) is 0.475. The first-order chi connectivity index (χ1) is 15.2. The van der Waals surface area contributed by atoms with Gasteiger partial charge in [-0.25, -0.2) is 17.7 Å². The third-order valence-corrected chi connectivity index (χ3v) is 7.40. The highest BCUT2D eigenvalue weighted by Crippen LogP contribution is 2.29. The molecular weight excluding hydrogens is 424 g/mol. The Morgan fingerprint density at radius 2 is 1.69 bits per heavy atom. The van der Waals surface area contributed by atoms with Crippen molar-refractivity contribution in [3.8, 4) is 11.4 Å². The number of fused-ring (bicyclic) bond motifs is 1. The SMILES string of the molecule is Cc1cc(C(=O)Nc2ccccc2-c2nc3ccccc3[nH]2)cc(S(=O)(=O)N(C)C)c1C. The van der Waals surface area contributed by atoms with Gasteiger partial charge in [-0.15, -0.1) is 0 Å². The number of para-hydroxylation sites is 3. The molecule has 0 saturated carbocycles. The van der Waals surface area contributed by atoms with Crippen LogP contribution in [0.2, 0.25) is 0 Å². The molecule has 164 valence electrons. The predicted molar refractivity (Wildman–Crippen MR) is 126 cm³/mol. The molecule has 7 nitrogen and oxygen atoms in total. The van der Waals surface area contributed by atoms with Crippen molar-refractivity contribution in [1.29, 1.82) is 0 Å². The van der Waals surface area contributed by atoms with Gasteiger partial charge in [-0.2, -0.15) is 0 Å². The third kappa shape index (κ3) is 3.90. The summed E-state index contributed by atoms with van der Waals surface area (Å²) >= 11 is 0. The first-order valence-electron chi connectivity index (χ1n) is 10.1. The van der Waals surface area contributed by atoms with E-state index in [1.165, 1.54) is 20.2 Å². The molecule has 0 bridgehead atoms. The van der Waals surface area contributed by atoms with Crippen LogP contribution in [0.1, 0.15) is 21.5 Å². The monoisotopic (exact) mass is 448 g/mol. The van der Waals surface area contributed by atoms with Gasteiger partial charge in [0.1, 0.15) is 5.82 Å². The van der Waals surface area contributed by atoms with Crippen LogP contribution in [0.4, 0.5) is 5.69 Å². The van der Waals surface area contributed by atoms with Crippen LogP contribution in [-0.2, 0) is 10.0 Å². The maximum atomic E-state index is 13.1. The van der Waals surface area contributed by atoms with Gasteiger partial charge in [0.05, 0.1) is 21.6 Å². The van der Waals surface area contributed by atoms with E-state index < -0.39 is 15.9 Å². The van der Waals surface area contributed by atoms with Gasteiger partial charge >= 0.3 is 0 Å². The number of hydrogen-bond donors (Lipinski definition) is 2. The molecule has 0 saturated heterocycles. The van der Waals surface area contributed by atoms with Gasteiger partial charge in [-0.05, 0) is 61.4 Å². The van der Waals surface area contributed by atoms with E-state index in [4.69, 9.17) is 0 Å².